The van der Waals surface area contributed by atoms with E-state index in [2.05, 4.69) is 17.6 Å². The van der Waals surface area contributed by atoms with Gasteiger partial charge < -0.3 is 4.90 Å². The molecule has 2 heterocycles. The number of carbonyl (C=O) groups excluding carboxylic acids is 1. The van der Waals surface area contributed by atoms with E-state index in [1.165, 1.54) is 11.1 Å². The summed E-state index contributed by atoms with van der Waals surface area (Å²) in [6, 6.07) is 7.19. The van der Waals surface area contributed by atoms with Crippen LogP contribution in [0.4, 0.5) is 0 Å². The van der Waals surface area contributed by atoms with Crippen molar-refractivity contribution < 1.29 is 9.69 Å². The first kappa shape index (κ1) is 14.7. The number of likely N-dealkylation sites (N-methyl/N-ethyl adjacent to an activating group) is 1. The van der Waals surface area contributed by atoms with Crippen molar-refractivity contribution in [3.8, 4) is 0 Å². The van der Waals surface area contributed by atoms with E-state index in [1.807, 2.05) is 11.1 Å². The van der Waals surface area contributed by atoms with Crippen LogP contribution in [0.3, 0.4) is 0 Å². The first-order valence-corrected chi connectivity index (χ1v) is 7.44. The van der Waals surface area contributed by atoms with Crippen LogP contribution in [0.1, 0.15) is 0 Å². The Morgan fingerprint density at radius 3 is 2.82 bits per heavy atom. The van der Waals surface area contributed by atoms with E-state index in [0.717, 1.165) is 26.2 Å². The Labute approximate surface area is 128 Å². The van der Waals surface area contributed by atoms with Crippen molar-refractivity contribution in [2.45, 2.75) is 6.54 Å². The summed E-state index contributed by atoms with van der Waals surface area (Å²) in [5.41, 5.74) is 3.45. The molecule has 0 atom stereocenters. The predicted molar refractivity (Wildman–Crippen MR) is 82.3 cm³/mol. The van der Waals surface area contributed by atoms with Crippen molar-refractivity contribution in [2.75, 3.05) is 33.2 Å². The van der Waals surface area contributed by atoms with Gasteiger partial charge in [-0.3, -0.25) is 19.7 Å². The number of para-hydroxylation sites is 1. The molecule has 0 spiro atoms. The van der Waals surface area contributed by atoms with Gasteiger partial charge in [-0.25, -0.2) is 5.01 Å². The van der Waals surface area contributed by atoms with Crippen LogP contribution in [-0.4, -0.2) is 53.9 Å². The zero-order valence-corrected chi connectivity index (χ0v) is 12.6. The van der Waals surface area contributed by atoms with E-state index in [9.17, 15) is 9.59 Å². The summed E-state index contributed by atoms with van der Waals surface area (Å²) >= 11 is 0. The van der Waals surface area contributed by atoms with E-state index in [4.69, 9.17) is 0 Å². The minimum Gasteiger partial charge on any atom is -0.335 e. The molecule has 1 fully saturated rings. The van der Waals surface area contributed by atoms with Crippen LogP contribution in [0.5, 0.6) is 0 Å². The molecule has 1 aromatic carbocycles. The molecule has 1 aromatic heterocycles. The molecule has 7 heteroatoms. The number of quaternary nitrogens is 1. The Hall–Kier alpha value is -2.25. The Morgan fingerprint density at radius 1 is 1.32 bits per heavy atom. The quantitative estimate of drug-likeness (QED) is 0.706. The number of nitrogens with one attached hydrogen (secondary N) is 2. The first-order valence-electron chi connectivity index (χ1n) is 7.44. The molecule has 1 aliphatic heterocycles. The summed E-state index contributed by atoms with van der Waals surface area (Å²) in [6.45, 7) is 3.81. The molecule has 1 saturated heterocycles. The second-order valence-electron chi connectivity index (χ2n) is 5.66. The fourth-order valence-electron chi connectivity index (χ4n) is 2.63. The van der Waals surface area contributed by atoms with Gasteiger partial charge in [0.25, 0.3) is 5.91 Å². The number of piperazine rings is 1. The number of carbonyl (C=O) groups is 1. The van der Waals surface area contributed by atoms with Crippen molar-refractivity contribution in [1.29, 1.82) is 0 Å². The molecule has 116 valence electrons. The lowest BCUT2D eigenvalue weighted by Crippen LogP contribution is -3.12. The molecule has 1 amide bonds. The molecule has 2 N–H and O–H groups in total. The van der Waals surface area contributed by atoms with Gasteiger partial charge in [-0.05, 0) is 12.1 Å². The molecule has 0 bridgehead atoms. The lowest BCUT2D eigenvalue weighted by molar-refractivity contribution is -0.884. The Bertz CT molecular complexity index is 734. The average molecular weight is 302 g/mol. The lowest BCUT2D eigenvalue weighted by Gasteiger charge is -2.30. The lowest BCUT2D eigenvalue weighted by atomic mass is 10.2. The number of amides is 1. The van der Waals surface area contributed by atoms with E-state index in [-0.39, 0.29) is 17.9 Å². The SMILES string of the molecule is C[NH+]1CCN(NC(=O)Cn2ncc(=O)c3ccccc32)CC1. The van der Waals surface area contributed by atoms with Crippen molar-refractivity contribution in [3.05, 3.63) is 40.7 Å². The van der Waals surface area contributed by atoms with Gasteiger partial charge in [-0.2, -0.15) is 5.10 Å². The van der Waals surface area contributed by atoms with Crippen molar-refractivity contribution in [2.24, 2.45) is 0 Å². The van der Waals surface area contributed by atoms with Crippen molar-refractivity contribution in [1.82, 2.24) is 20.2 Å². The topological polar surface area (TPSA) is 71.7 Å². The predicted octanol–water partition coefficient (Wildman–Crippen LogP) is -1.74. The molecule has 0 aliphatic carbocycles. The third kappa shape index (κ3) is 3.15. The van der Waals surface area contributed by atoms with Crippen LogP contribution in [-0.2, 0) is 11.3 Å². The highest BCUT2D eigenvalue weighted by Gasteiger charge is 2.18. The maximum atomic E-state index is 12.2. The Kier molecular flexibility index (Phi) is 4.17. The number of hydrazine groups is 1. The number of aromatic nitrogens is 2. The van der Waals surface area contributed by atoms with Crippen LogP contribution in [0, 0.1) is 0 Å². The molecule has 7 nitrogen and oxygen atoms in total. The average Bonchev–Trinajstić information content (AvgIpc) is 2.53. The van der Waals surface area contributed by atoms with Gasteiger partial charge in [0.2, 0.25) is 5.43 Å². The molecule has 0 saturated carbocycles. The number of hydrogen-bond acceptors (Lipinski definition) is 4. The van der Waals surface area contributed by atoms with E-state index >= 15 is 0 Å². The number of rotatable bonds is 3. The van der Waals surface area contributed by atoms with Gasteiger partial charge in [-0.15, -0.1) is 0 Å². The Morgan fingerprint density at radius 2 is 2.05 bits per heavy atom. The summed E-state index contributed by atoms with van der Waals surface area (Å²) < 4.78 is 1.56. The number of benzene rings is 1. The van der Waals surface area contributed by atoms with E-state index in [1.54, 1.807) is 22.9 Å². The van der Waals surface area contributed by atoms with Crippen LogP contribution < -0.4 is 15.8 Å². The molecule has 22 heavy (non-hydrogen) atoms. The Balaban J connectivity index is 1.72. The third-order valence-electron chi connectivity index (χ3n) is 3.96. The van der Waals surface area contributed by atoms with Crippen LogP contribution in [0.15, 0.2) is 35.3 Å². The normalized spacial score (nSPS) is 16.8. The minimum atomic E-state index is -0.130. The molecular weight excluding hydrogens is 282 g/mol. The molecule has 3 rings (SSSR count). The highest BCUT2D eigenvalue weighted by molar-refractivity contribution is 5.81. The van der Waals surface area contributed by atoms with Crippen molar-refractivity contribution >= 4 is 16.8 Å². The zero-order chi connectivity index (χ0) is 15.5. The molecule has 2 aromatic rings. The highest BCUT2D eigenvalue weighted by Crippen LogP contribution is 2.07. The monoisotopic (exact) mass is 302 g/mol. The second-order valence-corrected chi connectivity index (χ2v) is 5.66. The molecule has 0 radical (unpaired) electrons. The summed E-state index contributed by atoms with van der Waals surface area (Å²) in [5.74, 6) is -0.124. The summed E-state index contributed by atoms with van der Waals surface area (Å²) in [7, 11) is 2.15. The number of nitrogens with zero attached hydrogens (tertiary/aromatic N) is 3. The summed E-state index contributed by atoms with van der Waals surface area (Å²) in [4.78, 5) is 25.4. The fourth-order valence-corrected chi connectivity index (χ4v) is 2.63. The van der Waals surface area contributed by atoms with Crippen LogP contribution in [0.25, 0.3) is 10.9 Å². The van der Waals surface area contributed by atoms with Crippen LogP contribution >= 0.6 is 0 Å². The first-order chi connectivity index (χ1) is 10.6. The largest absolute Gasteiger partial charge is 0.335 e. The van der Waals surface area contributed by atoms with Gasteiger partial charge in [-0.1, -0.05) is 12.1 Å². The fraction of sp³-hybridized carbons (Fsp3) is 0.400. The minimum absolute atomic E-state index is 0.0972. The summed E-state index contributed by atoms with van der Waals surface area (Å²) in [5, 5.41) is 6.59. The molecular formula is C15H20N5O2+. The van der Waals surface area contributed by atoms with Gasteiger partial charge in [0, 0.05) is 5.39 Å². The standard InChI is InChI=1S/C15H19N5O2/c1-18-6-8-19(9-7-18)17-15(22)11-20-13-5-3-2-4-12(13)14(21)10-16-20/h2-5,10H,6-9,11H2,1H3,(H,17,22)/p+1. The van der Waals surface area contributed by atoms with E-state index in [0.29, 0.717) is 10.9 Å². The maximum Gasteiger partial charge on any atom is 0.256 e. The molecule has 0 unspecified atom stereocenters. The van der Waals surface area contributed by atoms with Gasteiger partial charge in [0.1, 0.15) is 6.54 Å². The summed E-state index contributed by atoms with van der Waals surface area (Å²) in [6.07, 6.45) is 1.26. The smallest absolute Gasteiger partial charge is 0.256 e. The second kappa shape index (κ2) is 6.25. The number of hydrogen-bond donors (Lipinski definition) is 2. The number of fused-ring (bicyclic) bond motifs is 1. The highest BCUT2D eigenvalue weighted by atomic mass is 16.2. The molecule has 1 aliphatic rings. The van der Waals surface area contributed by atoms with Gasteiger partial charge >= 0.3 is 0 Å². The van der Waals surface area contributed by atoms with Gasteiger partial charge in [0.15, 0.2) is 0 Å². The van der Waals surface area contributed by atoms with Crippen LogP contribution in [0.2, 0.25) is 0 Å². The van der Waals surface area contributed by atoms with E-state index < -0.39 is 0 Å². The van der Waals surface area contributed by atoms with Crippen molar-refractivity contribution in [3.63, 3.8) is 0 Å². The zero-order valence-electron chi connectivity index (χ0n) is 12.6. The third-order valence-corrected chi connectivity index (χ3v) is 3.96. The maximum absolute atomic E-state index is 12.2. The van der Waals surface area contributed by atoms with Gasteiger partial charge in [0.05, 0.1) is 44.9 Å².